The summed E-state index contributed by atoms with van der Waals surface area (Å²) in [5, 5.41) is 9.31. The lowest BCUT2D eigenvalue weighted by atomic mass is 9.93. The molecule has 0 unspecified atom stereocenters. The third-order valence-electron chi connectivity index (χ3n) is 8.38. The van der Waals surface area contributed by atoms with Crippen molar-refractivity contribution in [1.82, 2.24) is 14.8 Å². The molecule has 2 aliphatic heterocycles. The quantitative estimate of drug-likeness (QED) is 0.403. The van der Waals surface area contributed by atoms with E-state index in [2.05, 4.69) is 22.0 Å². The van der Waals surface area contributed by atoms with Gasteiger partial charge in [0.15, 0.2) is 0 Å². The predicted octanol–water partition coefficient (Wildman–Crippen LogP) is 5.52. The van der Waals surface area contributed by atoms with Gasteiger partial charge in [0.25, 0.3) is 5.91 Å². The van der Waals surface area contributed by atoms with Crippen LogP contribution in [0, 0.1) is 5.82 Å². The number of halogens is 1. The number of ether oxygens (including phenoxy) is 1. The van der Waals surface area contributed by atoms with E-state index >= 15 is 0 Å². The number of hydrogen-bond donors (Lipinski definition) is 1. The van der Waals surface area contributed by atoms with Crippen LogP contribution in [0.4, 0.5) is 4.39 Å². The Balaban J connectivity index is 1.17. The van der Waals surface area contributed by atoms with Crippen LogP contribution in [0.25, 0.3) is 11.1 Å². The monoisotopic (exact) mass is 543 g/mol. The Labute approximate surface area is 233 Å². The summed E-state index contributed by atoms with van der Waals surface area (Å²) in [6.07, 6.45) is 4.74. The molecule has 7 nitrogen and oxygen atoms in total. The van der Waals surface area contributed by atoms with E-state index in [0.29, 0.717) is 25.5 Å². The van der Waals surface area contributed by atoms with Crippen LogP contribution in [-0.2, 0) is 13.0 Å². The van der Waals surface area contributed by atoms with Gasteiger partial charge in [-0.2, -0.15) is 0 Å². The predicted molar refractivity (Wildman–Crippen MR) is 149 cm³/mol. The minimum atomic E-state index is -1.12. The van der Waals surface area contributed by atoms with Crippen molar-refractivity contribution in [3.8, 4) is 16.9 Å². The molecule has 3 aromatic rings. The van der Waals surface area contributed by atoms with Crippen molar-refractivity contribution in [3.05, 3.63) is 82.4 Å². The molecule has 1 amide bonds. The number of pyridine rings is 1. The van der Waals surface area contributed by atoms with Crippen molar-refractivity contribution in [2.24, 2.45) is 0 Å². The molecule has 3 aliphatic rings. The summed E-state index contributed by atoms with van der Waals surface area (Å²) in [5.74, 6) is -0.117. The molecular formula is C32H34FN3O4. The number of piperidine rings is 1. The number of hydrogen-bond acceptors (Lipinski definition) is 5. The third kappa shape index (κ3) is 5.32. The van der Waals surface area contributed by atoms with Crippen LogP contribution in [0.3, 0.4) is 0 Å². The second-order valence-corrected chi connectivity index (χ2v) is 11.0. The normalized spacial score (nSPS) is 18.1. The topological polar surface area (TPSA) is 83.0 Å². The fraction of sp³-hybridized carbons (Fsp3) is 0.406. The first kappa shape index (κ1) is 26.4. The van der Waals surface area contributed by atoms with Crippen molar-refractivity contribution >= 4 is 11.9 Å². The summed E-state index contributed by atoms with van der Waals surface area (Å²) < 4.78 is 19.7. The largest absolute Gasteiger partial charge is 0.494 e. The highest BCUT2D eigenvalue weighted by Gasteiger charge is 2.34. The summed E-state index contributed by atoms with van der Waals surface area (Å²) in [6.45, 7) is 5.67. The highest BCUT2D eigenvalue weighted by molar-refractivity contribution is 5.96. The highest BCUT2D eigenvalue weighted by atomic mass is 19.1. The second-order valence-electron chi connectivity index (χ2n) is 11.0. The van der Waals surface area contributed by atoms with E-state index in [4.69, 9.17) is 4.74 Å². The molecule has 8 heteroatoms. The summed E-state index contributed by atoms with van der Waals surface area (Å²) in [7, 11) is 0. The second kappa shape index (κ2) is 11.0. The maximum Gasteiger partial charge on any atom is 0.354 e. The molecule has 1 aromatic heterocycles. The first-order valence-electron chi connectivity index (χ1n) is 14.2. The Morgan fingerprint density at radius 1 is 1.05 bits per heavy atom. The van der Waals surface area contributed by atoms with Gasteiger partial charge in [-0.05, 0) is 97.5 Å². The van der Waals surface area contributed by atoms with Gasteiger partial charge < -0.3 is 14.7 Å². The van der Waals surface area contributed by atoms with Crippen molar-refractivity contribution in [3.63, 3.8) is 0 Å². The average molecular weight is 544 g/mol. The molecule has 2 aromatic carbocycles. The number of aromatic carboxylic acids is 1. The third-order valence-corrected chi connectivity index (χ3v) is 8.38. The molecule has 0 radical (unpaired) electrons. The molecule has 0 spiro atoms. The number of nitrogens with zero attached hydrogens (tertiary/aromatic N) is 3. The number of likely N-dealkylation sites (tertiary alicyclic amines) is 1. The molecule has 1 N–H and O–H groups in total. The number of benzene rings is 2. The molecule has 1 saturated heterocycles. The standard InChI is InChI=1S/C32H34FN3O4/c1-2-40-29-18-27(21-5-8-24(33)9-6-21)26(20-3-4-20)17-23(29)19-35-14-12-25(13-15-35)36-16-11-22-7-10-28(32(38)39)34-30(22)31(36)37/h5-10,17-18,20,25H,2-4,11-16,19H2,1H3,(H,38,39). The van der Waals surface area contributed by atoms with Crippen LogP contribution < -0.4 is 4.74 Å². The molecule has 1 aliphatic carbocycles. The van der Waals surface area contributed by atoms with E-state index in [1.807, 2.05) is 24.0 Å². The average Bonchev–Trinajstić information content (AvgIpc) is 3.81. The Morgan fingerprint density at radius 2 is 1.80 bits per heavy atom. The first-order valence-corrected chi connectivity index (χ1v) is 14.2. The van der Waals surface area contributed by atoms with Crippen molar-refractivity contribution < 1.29 is 23.8 Å². The SMILES string of the molecule is CCOc1cc(-c2ccc(F)cc2)c(C2CC2)cc1CN1CCC(N2CCc3ccc(C(=O)O)nc3C2=O)CC1. The lowest BCUT2D eigenvalue weighted by Crippen LogP contribution is -2.50. The van der Waals surface area contributed by atoms with Crippen molar-refractivity contribution in [2.45, 2.75) is 57.5 Å². The van der Waals surface area contributed by atoms with Crippen molar-refractivity contribution in [2.75, 3.05) is 26.2 Å². The number of rotatable bonds is 8. The van der Waals surface area contributed by atoms with Crippen LogP contribution in [0.1, 0.15) is 76.2 Å². The number of carbonyl (C=O) groups excluding carboxylic acids is 1. The number of aromatic nitrogens is 1. The Hall–Kier alpha value is -3.78. The summed E-state index contributed by atoms with van der Waals surface area (Å²) in [4.78, 5) is 33.1. The fourth-order valence-corrected chi connectivity index (χ4v) is 6.12. The molecule has 6 rings (SSSR count). The summed E-state index contributed by atoms with van der Waals surface area (Å²) in [5.41, 5.74) is 5.62. The van der Waals surface area contributed by atoms with E-state index in [1.165, 1.54) is 42.2 Å². The van der Waals surface area contributed by atoms with E-state index in [1.54, 1.807) is 6.07 Å². The zero-order valence-electron chi connectivity index (χ0n) is 22.7. The Kier molecular flexibility index (Phi) is 7.27. The Bertz CT molecular complexity index is 1430. The van der Waals surface area contributed by atoms with Gasteiger partial charge in [0.1, 0.15) is 23.0 Å². The number of carboxylic acid groups (broad SMARTS) is 1. The van der Waals surface area contributed by atoms with E-state index in [-0.39, 0.29) is 29.2 Å². The summed E-state index contributed by atoms with van der Waals surface area (Å²) >= 11 is 0. The minimum absolute atomic E-state index is 0.0927. The van der Waals surface area contributed by atoms with Crippen molar-refractivity contribution in [1.29, 1.82) is 0 Å². The van der Waals surface area contributed by atoms with Gasteiger partial charge >= 0.3 is 5.97 Å². The van der Waals surface area contributed by atoms with Crippen LogP contribution in [0.5, 0.6) is 5.75 Å². The molecule has 0 bridgehead atoms. The number of carbonyl (C=O) groups is 2. The molecule has 1 saturated carbocycles. The van der Waals surface area contributed by atoms with Gasteiger partial charge in [0.05, 0.1) is 6.61 Å². The first-order chi connectivity index (χ1) is 19.4. The Morgan fingerprint density at radius 3 is 2.48 bits per heavy atom. The maximum atomic E-state index is 13.6. The number of amides is 1. The van der Waals surface area contributed by atoms with Gasteiger partial charge in [0, 0.05) is 37.8 Å². The van der Waals surface area contributed by atoms with Crippen LogP contribution >= 0.6 is 0 Å². The molecule has 0 atom stereocenters. The lowest BCUT2D eigenvalue weighted by molar-refractivity contribution is 0.0538. The van der Waals surface area contributed by atoms with E-state index in [0.717, 1.165) is 54.9 Å². The smallest absolute Gasteiger partial charge is 0.354 e. The molecule has 3 heterocycles. The molecule has 2 fully saturated rings. The van der Waals surface area contributed by atoms with Gasteiger partial charge in [0.2, 0.25) is 0 Å². The van der Waals surface area contributed by atoms with Crippen LogP contribution in [0.15, 0.2) is 48.5 Å². The number of carboxylic acids is 1. The fourth-order valence-electron chi connectivity index (χ4n) is 6.12. The maximum absolute atomic E-state index is 13.6. The van der Waals surface area contributed by atoms with Gasteiger partial charge in [-0.15, -0.1) is 0 Å². The van der Waals surface area contributed by atoms with E-state index < -0.39 is 5.97 Å². The molecule has 40 heavy (non-hydrogen) atoms. The van der Waals surface area contributed by atoms with Gasteiger partial charge in [-0.1, -0.05) is 18.2 Å². The lowest BCUT2D eigenvalue weighted by Gasteiger charge is -2.40. The highest BCUT2D eigenvalue weighted by Crippen LogP contribution is 2.46. The van der Waals surface area contributed by atoms with Crippen LogP contribution in [0.2, 0.25) is 0 Å². The molecule has 208 valence electrons. The molecular weight excluding hydrogens is 509 g/mol. The van der Waals surface area contributed by atoms with Gasteiger partial charge in [-0.3, -0.25) is 9.69 Å². The minimum Gasteiger partial charge on any atom is -0.494 e. The number of fused-ring (bicyclic) bond motifs is 1. The zero-order valence-corrected chi connectivity index (χ0v) is 22.7. The zero-order chi connectivity index (χ0) is 27.8. The van der Waals surface area contributed by atoms with Gasteiger partial charge in [-0.25, -0.2) is 14.2 Å². The van der Waals surface area contributed by atoms with E-state index in [9.17, 15) is 19.1 Å². The summed E-state index contributed by atoms with van der Waals surface area (Å²) in [6, 6.07) is 14.4. The van der Waals surface area contributed by atoms with Crippen LogP contribution in [-0.4, -0.2) is 64.0 Å².